The summed E-state index contributed by atoms with van der Waals surface area (Å²) in [6.45, 7) is 3.44. The van der Waals surface area contributed by atoms with Crippen molar-refractivity contribution in [3.8, 4) is 11.1 Å². The lowest BCUT2D eigenvalue weighted by atomic mass is 9.98. The zero-order valence-electron chi connectivity index (χ0n) is 17.7. The average Bonchev–Trinajstić information content (AvgIpc) is 3.10. The summed E-state index contributed by atoms with van der Waals surface area (Å²) in [6, 6.07) is 13.7. The molecule has 8 heteroatoms. The first-order valence-corrected chi connectivity index (χ1v) is 10.2. The van der Waals surface area contributed by atoms with Gasteiger partial charge in [0.2, 0.25) is 5.91 Å². The number of carboxylic acid groups (broad SMARTS) is 1. The van der Waals surface area contributed by atoms with E-state index in [1.807, 2.05) is 48.5 Å². The van der Waals surface area contributed by atoms with Crippen molar-refractivity contribution in [2.75, 3.05) is 20.3 Å². The predicted molar refractivity (Wildman–Crippen MR) is 118 cm³/mol. The third kappa shape index (κ3) is 5.15. The van der Waals surface area contributed by atoms with Gasteiger partial charge in [-0.1, -0.05) is 54.6 Å². The van der Waals surface area contributed by atoms with Crippen molar-refractivity contribution >= 4 is 18.0 Å². The third-order valence-electron chi connectivity index (χ3n) is 5.30. The molecule has 3 rings (SSSR count). The second-order valence-corrected chi connectivity index (χ2v) is 7.40. The first kappa shape index (κ1) is 23.0. The molecule has 0 aliphatic heterocycles. The first-order valence-electron chi connectivity index (χ1n) is 10.2. The maximum atomic E-state index is 12.5. The van der Waals surface area contributed by atoms with Crippen molar-refractivity contribution < 1.29 is 29.0 Å². The van der Waals surface area contributed by atoms with Crippen LogP contribution in [0.4, 0.5) is 4.79 Å². The van der Waals surface area contributed by atoms with Gasteiger partial charge in [-0.3, -0.25) is 4.79 Å². The molecule has 0 bridgehead atoms. The van der Waals surface area contributed by atoms with E-state index in [4.69, 9.17) is 9.47 Å². The van der Waals surface area contributed by atoms with Gasteiger partial charge in [-0.05, 0) is 28.7 Å². The quantitative estimate of drug-likeness (QED) is 0.492. The molecule has 2 unspecified atom stereocenters. The Labute approximate surface area is 186 Å². The standard InChI is InChI=1S/C24H26N2O6/c1-3-8-20(23(28)29)25-22(27)21(14-31-2)26-24(30)32-13-19-17-11-6-4-9-15(17)16-10-5-7-12-18(16)19/h3-7,9-12,19-21H,1,8,13-14H2,2H3,(H,25,27)(H,26,30)(H,28,29). The van der Waals surface area contributed by atoms with Gasteiger partial charge >= 0.3 is 12.1 Å². The average molecular weight is 438 g/mol. The van der Waals surface area contributed by atoms with Crippen LogP contribution in [0.15, 0.2) is 61.2 Å². The van der Waals surface area contributed by atoms with Gasteiger partial charge in [0, 0.05) is 13.0 Å². The van der Waals surface area contributed by atoms with Crippen LogP contribution in [0, 0.1) is 0 Å². The topological polar surface area (TPSA) is 114 Å². The molecule has 2 aromatic carbocycles. The molecule has 0 heterocycles. The number of aliphatic carboxylic acids is 1. The number of carbonyl (C=O) groups excluding carboxylic acids is 2. The molecule has 1 aliphatic rings. The highest BCUT2D eigenvalue weighted by Gasteiger charge is 2.30. The molecule has 0 radical (unpaired) electrons. The van der Waals surface area contributed by atoms with Gasteiger partial charge in [0.1, 0.15) is 18.7 Å². The van der Waals surface area contributed by atoms with E-state index in [9.17, 15) is 19.5 Å². The van der Waals surface area contributed by atoms with Gasteiger partial charge in [0.15, 0.2) is 0 Å². The minimum Gasteiger partial charge on any atom is -0.480 e. The van der Waals surface area contributed by atoms with E-state index in [0.29, 0.717) is 0 Å². The van der Waals surface area contributed by atoms with Crippen LogP contribution in [0.3, 0.4) is 0 Å². The van der Waals surface area contributed by atoms with Gasteiger partial charge in [-0.15, -0.1) is 6.58 Å². The second-order valence-electron chi connectivity index (χ2n) is 7.40. The van der Waals surface area contributed by atoms with E-state index in [1.165, 1.54) is 13.2 Å². The fourth-order valence-corrected chi connectivity index (χ4v) is 3.79. The normalized spacial score (nSPS) is 13.9. The number of amides is 2. The molecule has 3 N–H and O–H groups in total. The van der Waals surface area contributed by atoms with Crippen LogP contribution in [0.5, 0.6) is 0 Å². The Morgan fingerprint density at radius 2 is 1.62 bits per heavy atom. The Hall–Kier alpha value is -3.65. The van der Waals surface area contributed by atoms with Crippen molar-refractivity contribution in [2.45, 2.75) is 24.4 Å². The predicted octanol–water partition coefficient (Wildman–Crippen LogP) is 2.69. The maximum absolute atomic E-state index is 12.5. The molecule has 2 atom stereocenters. The van der Waals surface area contributed by atoms with E-state index in [-0.39, 0.29) is 25.6 Å². The molecule has 0 fully saturated rings. The molecular weight excluding hydrogens is 412 g/mol. The molecule has 0 spiro atoms. The summed E-state index contributed by atoms with van der Waals surface area (Å²) >= 11 is 0. The van der Waals surface area contributed by atoms with E-state index >= 15 is 0 Å². The summed E-state index contributed by atoms with van der Waals surface area (Å²) in [6.07, 6.45) is 0.648. The number of ether oxygens (including phenoxy) is 2. The number of hydrogen-bond acceptors (Lipinski definition) is 5. The molecule has 1 aliphatic carbocycles. The minimum atomic E-state index is -1.20. The second kappa shape index (κ2) is 10.6. The van der Waals surface area contributed by atoms with Gasteiger partial charge in [0.05, 0.1) is 6.61 Å². The minimum absolute atomic E-state index is 0.0473. The SMILES string of the molecule is C=CCC(NC(=O)C(COC)NC(=O)OCC1c2ccccc2-c2ccccc21)C(=O)O. The zero-order valence-corrected chi connectivity index (χ0v) is 17.7. The monoisotopic (exact) mass is 438 g/mol. The van der Waals surface area contributed by atoms with Gasteiger partial charge in [-0.25, -0.2) is 9.59 Å². The fourth-order valence-electron chi connectivity index (χ4n) is 3.79. The smallest absolute Gasteiger partial charge is 0.407 e. The fraction of sp³-hybridized carbons (Fsp3) is 0.292. The number of alkyl carbamates (subject to hydrolysis) is 1. The van der Waals surface area contributed by atoms with Crippen molar-refractivity contribution in [3.05, 3.63) is 72.3 Å². The van der Waals surface area contributed by atoms with Crippen molar-refractivity contribution in [1.82, 2.24) is 10.6 Å². The number of rotatable bonds is 10. The van der Waals surface area contributed by atoms with Crippen molar-refractivity contribution in [2.24, 2.45) is 0 Å². The van der Waals surface area contributed by atoms with Crippen molar-refractivity contribution in [1.29, 1.82) is 0 Å². The zero-order chi connectivity index (χ0) is 23.1. The molecule has 168 valence electrons. The van der Waals surface area contributed by atoms with E-state index in [1.54, 1.807) is 0 Å². The molecule has 2 amide bonds. The summed E-state index contributed by atoms with van der Waals surface area (Å²) in [5, 5.41) is 14.0. The van der Waals surface area contributed by atoms with Gasteiger partial charge in [-0.2, -0.15) is 0 Å². The number of benzene rings is 2. The first-order chi connectivity index (χ1) is 15.5. The Morgan fingerprint density at radius 3 is 2.16 bits per heavy atom. The molecule has 2 aromatic rings. The molecule has 0 aromatic heterocycles. The lowest BCUT2D eigenvalue weighted by Crippen LogP contribution is -2.53. The number of fused-ring (bicyclic) bond motifs is 3. The van der Waals surface area contributed by atoms with E-state index in [0.717, 1.165) is 22.3 Å². The van der Waals surface area contributed by atoms with E-state index < -0.39 is 30.1 Å². The lowest BCUT2D eigenvalue weighted by molar-refractivity contribution is -0.142. The molecule has 32 heavy (non-hydrogen) atoms. The number of carboxylic acids is 1. The summed E-state index contributed by atoms with van der Waals surface area (Å²) < 4.78 is 10.4. The molecule has 0 saturated heterocycles. The van der Waals surface area contributed by atoms with Crippen LogP contribution in [0.25, 0.3) is 11.1 Å². The molecule has 8 nitrogen and oxygen atoms in total. The Kier molecular flexibility index (Phi) is 7.62. The Bertz CT molecular complexity index is 960. The summed E-state index contributed by atoms with van der Waals surface area (Å²) in [7, 11) is 1.37. The maximum Gasteiger partial charge on any atom is 0.407 e. The summed E-state index contributed by atoms with van der Waals surface area (Å²) in [5.41, 5.74) is 4.36. The van der Waals surface area contributed by atoms with Crippen LogP contribution in [0.2, 0.25) is 0 Å². The van der Waals surface area contributed by atoms with Crippen LogP contribution in [0.1, 0.15) is 23.5 Å². The molecular formula is C24H26N2O6. The third-order valence-corrected chi connectivity index (χ3v) is 5.30. The Morgan fingerprint density at radius 1 is 1.03 bits per heavy atom. The summed E-state index contributed by atoms with van der Waals surface area (Å²) in [5.74, 6) is -2.00. The number of methoxy groups -OCH3 is 1. The highest BCUT2D eigenvalue weighted by molar-refractivity contribution is 5.89. The van der Waals surface area contributed by atoms with Crippen LogP contribution in [-0.2, 0) is 19.1 Å². The lowest BCUT2D eigenvalue weighted by Gasteiger charge is -2.21. The highest BCUT2D eigenvalue weighted by atomic mass is 16.5. The summed E-state index contributed by atoms with van der Waals surface area (Å²) in [4.78, 5) is 36.2. The Balaban J connectivity index is 1.64. The number of carbonyl (C=O) groups is 3. The number of nitrogens with one attached hydrogen (secondary N) is 2. The van der Waals surface area contributed by atoms with Gasteiger partial charge < -0.3 is 25.2 Å². The van der Waals surface area contributed by atoms with Gasteiger partial charge in [0.25, 0.3) is 0 Å². The van der Waals surface area contributed by atoms with Crippen LogP contribution < -0.4 is 10.6 Å². The van der Waals surface area contributed by atoms with Crippen molar-refractivity contribution in [3.63, 3.8) is 0 Å². The van der Waals surface area contributed by atoms with Crippen LogP contribution >= 0.6 is 0 Å². The largest absolute Gasteiger partial charge is 0.480 e. The highest BCUT2D eigenvalue weighted by Crippen LogP contribution is 2.44. The van der Waals surface area contributed by atoms with Crippen LogP contribution in [-0.4, -0.2) is 55.5 Å². The number of hydrogen-bond donors (Lipinski definition) is 3. The molecule has 0 saturated carbocycles. The van der Waals surface area contributed by atoms with E-state index in [2.05, 4.69) is 17.2 Å².